The van der Waals surface area contributed by atoms with E-state index in [1.54, 1.807) is 0 Å². The number of allylic oxidation sites excluding steroid dienone is 5. The molecule has 0 spiro atoms. The Balaban J connectivity index is 3.51. The van der Waals surface area contributed by atoms with Crippen LogP contribution in [0.15, 0.2) is 36.5 Å². The Labute approximate surface area is 135 Å². The van der Waals surface area contributed by atoms with E-state index in [1.807, 2.05) is 18.2 Å². The highest BCUT2D eigenvalue weighted by molar-refractivity contribution is 5.68. The molecule has 0 saturated heterocycles. The minimum atomic E-state index is -0.393. The number of unbranched alkanes of at least 4 members (excludes halogenated alkanes) is 4. The lowest BCUT2D eigenvalue weighted by molar-refractivity contribution is -0.140. The van der Waals surface area contributed by atoms with E-state index in [0.717, 1.165) is 44.9 Å². The first kappa shape index (κ1) is 20.6. The van der Waals surface area contributed by atoms with Crippen LogP contribution in [0.2, 0.25) is 0 Å². The predicted molar refractivity (Wildman–Crippen MR) is 92.7 cm³/mol. The fraction of sp³-hybridized carbons (Fsp3) is 0.632. The highest BCUT2D eigenvalue weighted by atomic mass is 16.5. The summed E-state index contributed by atoms with van der Waals surface area (Å²) in [6, 6.07) is 0. The smallest absolute Gasteiger partial charge is 0.305 e. The zero-order chi connectivity index (χ0) is 16.5. The number of esters is 1. The fourth-order valence-electron chi connectivity index (χ4n) is 2.00. The average Bonchev–Trinajstić information content (AvgIpc) is 2.52. The second kappa shape index (κ2) is 16.0. The van der Waals surface area contributed by atoms with Gasteiger partial charge < -0.3 is 9.84 Å². The van der Waals surface area contributed by atoms with Gasteiger partial charge in [0, 0.05) is 6.42 Å². The molecule has 126 valence electrons. The van der Waals surface area contributed by atoms with Gasteiger partial charge in [-0.05, 0) is 38.5 Å². The van der Waals surface area contributed by atoms with Crippen molar-refractivity contribution in [3.8, 4) is 0 Å². The van der Waals surface area contributed by atoms with E-state index in [2.05, 4.69) is 29.9 Å². The van der Waals surface area contributed by atoms with E-state index < -0.39 is 6.10 Å². The van der Waals surface area contributed by atoms with Gasteiger partial charge in [-0.3, -0.25) is 4.79 Å². The van der Waals surface area contributed by atoms with Crippen LogP contribution < -0.4 is 0 Å². The number of aliphatic hydroxyl groups excluding tert-OH is 1. The third-order valence-electron chi connectivity index (χ3n) is 3.33. The second-order valence-electron chi connectivity index (χ2n) is 5.37. The largest absolute Gasteiger partial charge is 0.469 e. The van der Waals surface area contributed by atoms with E-state index in [1.165, 1.54) is 13.5 Å². The molecule has 0 aliphatic rings. The summed E-state index contributed by atoms with van der Waals surface area (Å²) < 4.78 is 4.58. The van der Waals surface area contributed by atoms with Crippen LogP contribution in [0.4, 0.5) is 0 Å². The predicted octanol–water partition coefficient (Wildman–Crippen LogP) is 4.72. The zero-order valence-electron chi connectivity index (χ0n) is 14.2. The van der Waals surface area contributed by atoms with Gasteiger partial charge >= 0.3 is 5.97 Å². The minimum Gasteiger partial charge on any atom is -0.469 e. The monoisotopic (exact) mass is 308 g/mol. The molecule has 0 aromatic carbocycles. The van der Waals surface area contributed by atoms with Crippen molar-refractivity contribution in [1.82, 2.24) is 0 Å². The normalized spacial score (nSPS) is 13.4. The van der Waals surface area contributed by atoms with Gasteiger partial charge in [0.1, 0.15) is 0 Å². The van der Waals surface area contributed by atoms with Crippen molar-refractivity contribution in [2.45, 2.75) is 70.8 Å². The number of ether oxygens (including phenoxy) is 1. The summed E-state index contributed by atoms with van der Waals surface area (Å²) in [4.78, 5) is 10.9. The van der Waals surface area contributed by atoms with E-state index >= 15 is 0 Å². The standard InChI is InChI=1S/C19H32O3/c1-3-4-5-6-7-8-9-10-12-15-18(20)16-13-11-14-17-19(21)22-2/h4-5,9-10,12,15,18,20H,3,6-8,11,13-14,16-17H2,1-2H3. The average molecular weight is 308 g/mol. The Morgan fingerprint density at radius 1 is 1.05 bits per heavy atom. The Hall–Kier alpha value is -1.35. The molecular formula is C19H32O3. The third-order valence-corrected chi connectivity index (χ3v) is 3.33. The van der Waals surface area contributed by atoms with Gasteiger partial charge in [0.2, 0.25) is 0 Å². The van der Waals surface area contributed by atoms with Crippen LogP contribution in [0.5, 0.6) is 0 Å². The maximum Gasteiger partial charge on any atom is 0.305 e. The topological polar surface area (TPSA) is 46.5 Å². The Morgan fingerprint density at radius 3 is 2.55 bits per heavy atom. The summed E-state index contributed by atoms with van der Waals surface area (Å²) in [5, 5.41) is 9.78. The molecule has 0 fully saturated rings. The fourth-order valence-corrected chi connectivity index (χ4v) is 2.00. The Bertz CT molecular complexity index is 343. The molecule has 0 saturated carbocycles. The number of hydrogen-bond acceptors (Lipinski definition) is 3. The highest BCUT2D eigenvalue weighted by Gasteiger charge is 2.01. The van der Waals surface area contributed by atoms with Crippen LogP contribution in [0, 0.1) is 0 Å². The molecule has 3 heteroatoms. The summed E-state index contributed by atoms with van der Waals surface area (Å²) >= 11 is 0. The molecule has 0 aromatic heterocycles. The van der Waals surface area contributed by atoms with Crippen molar-refractivity contribution in [2.24, 2.45) is 0 Å². The first-order valence-corrected chi connectivity index (χ1v) is 8.44. The Morgan fingerprint density at radius 2 is 1.82 bits per heavy atom. The molecule has 0 rings (SSSR count). The zero-order valence-corrected chi connectivity index (χ0v) is 14.2. The quantitative estimate of drug-likeness (QED) is 0.232. The molecule has 0 aromatic rings. The lowest BCUT2D eigenvalue weighted by Gasteiger charge is -2.04. The molecule has 22 heavy (non-hydrogen) atoms. The SMILES string of the molecule is CCC=CCCCC=CC=CC(O)CCCCCC(=O)OC. The summed E-state index contributed by atoms with van der Waals surface area (Å²) in [7, 11) is 1.41. The van der Waals surface area contributed by atoms with Crippen LogP contribution in [0.25, 0.3) is 0 Å². The molecule has 0 aliphatic heterocycles. The summed E-state index contributed by atoms with van der Waals surface area (Å²) in [6.45, 7) is 2.14. The molecule has 0 radical (unpaired) electrons. The van der Waals surface area contributed by atoms with Crippen molar-refractivity contribution in [1.29, 1.82) is 0 Å². The molecule has 1 N–H and O–H groups in total. The number of carbonyl (C=O) groups excluding carboxylic acids is 1. The molecule has 1 unspecified atom stereocenters. The highest BCUT2D eigenvalue weighted by Crippen LogP contribution is 2.07. The van der Waals surface area contributed by atoms with Gasteiger partial charge in [0.15, 0.2) is 0 Å². The van der Waals surface area contributed by atoms with Gasteiger partial charge in [-0.25, -0.2) is 0 Å². The second-order valence-corrected chi connectivity index (χ2v) is 5.37. The van der Waals surface area contributed by atoms with Crippen LogP contribution in [0.3, 0.4) is 0 Å². The summed E-state index contributed by atoms with van der Waals surface area (Å²) in [6.07, 6.45) is 20.3. The van der Waals surface area contributed by atoms with Crippen molar-refractivity contribution in [3.63, 3.8) is 0 Å². The molecule has 0 aliphatic carbocycles. The van der Waals surface area contributed by atoms with Gasteiger partial charge in [-0.1, -0.05) is 56.2 Å². The van der Waals surface area contributed by atoms with Crippen molar-refractivity contribution in [2.75, 3.05) is 7.11 Å². The maximum absolute atomic E-state index is 10.9. The van der Waals surface area contributed by atoms with Crippen LogP contribution in [-0.2, 0) is 9.53 Å². The number of hydrogen-bond donors (Lipinski definition) is 1. The summed E-state index contributed by atoms with van der Waals surface area (Å²) in [5.41, 5.74) is 0. The first-order chi connectivity index (χ1) is 10.7. The number of rotatable bonds is 13. The van der Waals surface area contributed by atoms with E-state index in [4.69, 9.17) is 0 Å². The minimum absolute atomic E-state index is 0.157. The van der Waals surface area contributed by atoms with E-state index in [-0.39, 0.29) is 5.97 Å². The van der Waals surface area contributed by atoms with Gasteiger partial charge in [-0.15, -0.1) is 0 Å². The van der Waals surface area contributed by atoms with Gasteiger partial charge in [0.25, 0.3) is 0 Å². The van der Waals surface area contributed by atoms with Crippen molar-refractivity contribution < 1.29 is 14.6 Å². The molecule has 1 atom stereocenters. The van der Waals surface area contributed by atoms with Crippen molar-refractivity contribution >= 4 is 5.97 Å². The number of aliphatic hydroxyl groups is 1. The maximum atomic E-state index is 10.9. The molecule has 0 amide bonds. The third kappa shape index (κ3) is 15.0. The molecule has 3 nitrogen and oxygen atoms in total. The van der Waals surface area contributed by atoms with E-state index in [0.29, 0.717) is 6.42 Å². The van der Waals surface area contributed by atoms with Gasteiger partial charge in [-0.2, -0.15) is 0 Å². The lowest BCUT2D eigenvalue weighted by atomic mass is 10.1. The van der Waals surface area contributed by atoms with Crippen LogP contribution >= 0.6 is 0 Å². The molecule has 0 bridgehead atoms. The first-order valence-electron chi connectivity index (χ1n) is 8.44. The molecule has 0 heterocycles. The molecular weight excluding hydrogens is 276 g/mol. The number of carbonyl (C=O) groups is 1. The number of methoxy groups -OCH3 is 1. The van der Waals surface area contributed by atoms with Crippen molar-refractivity contribution in [3.05, 3.63) is 36.5 Å². The lowest BCUT2D eigenvalue weighted by Crippen LogP contribution is -2.02. The Kier molecular flexibility index (Phi) is 15.0. The summed E-state index contributed by atoms with van der Waals surface area (Å²) in [5.74, 6) is -0.157. The van der Waals surface area contributed by atoms with Crippen LogP contribution in [-0.4, -0.2) is 24.3 Å². The van der Waals surface area contributed by atoms with Gasteiger partial charge in [0.05, 0.1) is 13.2 Å². The van der Waals surface area contributed by atoms with E-state index in [9.17, 15) is 9.90 Å². The van der Waals surface area contributed by atoms with Crippen LogP contribution in [0.1, 0.15) is 64.7 Å².